The largest absolute Gasteiger partial charge is 0.493 e. The Labute approximate surface area is 164 Å². The first-order chi connectivity index (χ1) is 13.6. The predicted molar refractivity (Wildman–Crippen MR) is 107 cm³/mol. The summed E-state index contributed by atoms with van der Waals surface area (Å²) >= 11 is 0. The molecule has 0 spiro atoms. The first kappa shape index (κ1) is 21.4. The molecule has 1 heterocycles. The fraction of sp³-hybridized carbons (Fsp3) is 0.381. The van der Waals surface area contributed by atoms with Crippen LogP contribution in [0.2, 0.25) is 0 Å². The number of ether oxygens (including phenoxy) is 5. The summed E-state index contributed by atoms with van der Waals surface area (Å²) in [5.41, 5.74) is 0.305. The average Bonchev–Trinajstić information content (AvgIpc) is 2.70. The van der Waals surface area contributed by atoms with Gasteiger partial charge in [-0.05, 0) is 30.2 Å². The van der Waals surface area contributed by atoms with Crippen molar-refractivity contribution in [1.29, 1.82) is 0 Å². The molecular formula is C21H26O7. The van der Waals surface area contributed by atoms with Gasteiger partial charge in [-0.3, -0.25) is 0 Å². The maximum Gasteiger partial charge on any atom is 0.339 e. The summed E-state index contributed by atoms with van der Waals surface area (Å²) in [7, 11) is 4.72. The Kier molecular flexibility index (Phi) is 8.42. The van der Waals surface area contributed by atoms with E-state index in [0.717, 1.165) is 12.0 Å². The third kappa shape index (κ3) is 6.06. The molecule has 0 aliphatic carbocycles. The third-order valence-electron chi connectivity index (χ3n) is 3.69. The number of hydrogen-bond acceptors (Lipinski definition) is 7. The van der Waals surface area contributed by atoms with Crippen LogP contribution in [0.3, 0.4) is 0 Å². The molecule has 0 saturated carbocycles. The Morgan fingerprint density at radius 1 is 0.893 bits per heavy atom. The van der Waals surface area contributed by atoms with Gasteiger partial charge in [-0.25, -0.2) is 4.79 Å². The van der Waals surface area contributed by atoms with Crippen LogP contribution in [0.4, 0.5) is 0 Å². The number of rotatable bonds is 11. The topological polar surface area (TPSA) is 76.4 Å². The summed E-state index contributed by atoms with van der Waals surface area (Å²) < 4.78 is 32.2. The molecule has 28 heavy (non-hydrogen) atoms. The molecule has 1 aromatic heterocycles. The fourth-order valence-corrected chi connectivity index (χ4v) is 2.40. The molecule has 0 saturated heterocycles. The van der Waals surface area contributed by atoms with Crippen LogP contribution < -0.4 is 24.6 Å². The number of benzene rings is 1. The zero-order valence-corrected chi connectivity index (χ0v) is 16.7. The second-order valence-corrected chi connectivity index (χ2v) is 5.79. The second-order valence-electron chi connectivity index (χ2n) is 5.79. The Morgan fingerprint density at radius 3 is 2.21 bits per heavy atom. The molecule has 0 radical (unpaired) electrons. The van der Waals surface area contributed by atoms with Gasteiger partial charge in [0.1, 0.15) is 18.1 Å². The lowest BCUT2D eigenvalue weighted by Crippen LogP contribution is -2.07. The van der Waals surface area contributed by atoms with Crippen molar-refractivity contribution in [2.24, 2.45) is 0 Å². The van der Waals surface area contributed by atoms with Crippen molar-refractivity contribution in [3.8, 4) is 23.0 Å². The maximum absolute atomic E-state index is 11.7. The highest BCUT2D eigenvalue weighted by atomic mass is 16.5. The molecule has 0 aliphatic rings. The zero-order valence-electron chi connectivity index (χ0n) is 16.7. The molecule has 152 valence electrons. The minimum Gasteiger partial charge on any atom is -0.493 e. The fourth-order valence-electron chi connectivity index (χ4n) is 2.40. The zero-order chi connectivity index (χ0) is 20.4. The van der Waals surface area contributed by atoms with Crippen LogP contribution in [0.1, 0.15) is 24.7 Å². The SMILES string of the molecule is CCCOc1c(OC)cc(/C=C/c2cc(OCCOC)cc(=O)o2)cc1OC. The monoisotopic (exact) mass is 390 g/mol. The smallest absolute Gasteiger partial charge is 0.339 e. The summed E-state index contributed by atoms with van der Waals surface area (Å²) in [6.45, 7) is 3.36. The van der Waals surface area contributed by atoms with Gasteiger partial charge in [0.05, 0.1) is 33.5 Å². The van der Waals surface area contributed by atoms with Gasteiger partial charge in [-0.2, -0.15) is 0 Å². The van der Waals surface area contributed by atoms with Crippen LogP contribution in [0.25, 0.3) is 12.2 Å². The lowest BCUT2D eigenvalue weighted by atomic mass is 10.1. The van der Waals surface area contributed by atoms with E-state index >= 15 is 0 Å². The van der Waals surface area contributed by atoms with Crippen molar-refractivity contribution >= 4 is 12.2 Å². The van der Waals surface area contributed by atoms with E-state index in [4.69, 9.17) is 28.1 Å². The van der Waals surface area contributed by atoms with Gasteiger partial charge < -0.3 is 28.1 Å². The minimum atomic E-state index is -0.493. The van der Waals surface area contributed by atoms with E-state index in [2.05, 4.69) is 0 Å². The van der Waals surface area contributed by atoms with Gasteiger partial charge in [-0.1, -0.05) is 13.0 Å². The lowest BCUT2D eigenvalue weighted by Gasteiger charge is -2.14. The van der Waals surface area contributed by atoms with E-state index in [-0.39, 0.29) is 0 Å². The Hall–Kier alpha value is -2.93. The van der Waals surface area contributed by atoms with E-state index in [1.807, 2.05) is 19.1 Å². The Balaban J connectivity index is 2.27. The standard InChI is InChI=1S/C21H26O7/c1-5-8-27-21-18(24-3)11-15(12-19(21)25-4)6-7-16-13-17(14-20(22)28-16)26-10-9-23-2/h6-7,11-14H,5,8-10H2,1-4H3/b7-6+. The Bertz CT molecular complexity index is 814. The normalized spacial score (nSPS) is 10.9. The van der Waals surface area contributed by atoms with Gasteiger partial charge in [0.25, 0.3) is 0 Å². The highest BCUT2D eigenvalue weighted by molar-refractivity contribution is 5.71. The van der Waals surface area contributed by atoms with E-state index in [9.17, 15) is 4.79 Å². The first-order valence-electron chi connectivity index (χ1n) is 8.95. The highest BCUT2D eigenvalue weighted by Gasteiger charge is 2.13. The summed E-state index contributed by atoms with van der Waals surface area (Å²) in [5.74, 6) is 2.47. The molecule has 2 rings (SSSR count). The predicted octanol–water partition coefficient (Wildman–Crippen LogP) is 3.64. The quantitative estimate of drug-likeness (QED) is 0.542. The molecule has 0 bridgehead atoms. The van der Waals surface area contributed by atoms with Gasteiger partial charge in [0.15, 0.2) is 11.5 Å². The number of methoxy groups -OCH3 is 3. The van der Waals surface area contributed by atoms with Gasteiger partial charge in [-0.15, -0.1) is 0 Å². The molecule has 7 nitrogen and oxygen atoms in total. The minimum absolute atomic E-state index is 0.344. The van der Waals surface area contributed by atoms with Crippen molar-refractivity contribution < 1.29 is 28.1 Å². The molecule has 0 aliphatic heterocycles. The summed E-state index contributed by atoms with van der Waals surface area (Å²) in [5, 5.41) is 0. The summed E-state index contributed by atoms with van der Waals surface area (Å²) in [4.78, 5) is 11.7. The third-order valence-corrected chi connectivity index (χ3v) is 3.69. The first-order valence-corrected chi connectivity index (χ1v) is 8.95. The molecule has 1 aromatic carbocycles. The molecule has 0 atom stereocenters. The molecular weight excluding hydrogens is 364 g/mol. The van der Waals surface area contributed by atoms with E-state index < -0.39 is 5.63 Å². The molecule has 0 unspecified atom stereocenters. The van der Waals surface area contributed by atoms with Crippen molar-refractivity contribution in [2.45, 2.75) is 13.3 Å². The highest BCUT2D eigenvalue weighted by Crippen LogP contribution is 2.39. The van der Waals surface area contributed by atoms with Crippen molar-refractivity contribution in [3.63, 3.8) is 0 Å². The van der Waals surface area contributed by atoms with Crippen LogP contribution in [0, 0.1) is 0 Å². The number of hydrogen-bond donors (Lipinski definition) is 0. The van der Waals surface area contributed by atoms with Crippen LogP contribution in [-0.4, -0.2) is 41.2 Å². The van der Waals surface area contributed by atoms with Crippen LogP contribution in [0.15, 0.2) is 33.5 Å². The Morgan fingerprint density at radius 2 is 1.61 bits per heavy atom. The van der Waals surface area contributed by atoms with Crippen LogP contribution in [-0.2, 0) is 4.74 Å². The van der Waals surface area contributed by atoms with E-state index in [1.165, 1.54) is 6.07 Å². The maximum atomic E-state index is 11.7. The molecule has 0 fully saturated rings. The van der Waals surface area contributed by atoms with E-state index in [1.54, 1.807) is 39.5 Å². The summed E-state index contributed by atoms with van der Waals surface area (Å²) in [6, 6.07) is 6.57. The van der Waals surface area contributed by atoms with Crippen molar-refractivity contribution in [2.75, 3.05) is 41.2 Å². The van der Waals surface area contributed by atoms with Crippen molar-refractivity contribution in [3.05, 3.63) is 46.0 Å². The molecule has 7 heteroatoms. The van der Waals surface area contributed by atoms with Gasteiger partial charge in [0.2, 0.25) is 5.75 Å². The molecule has 0 N–H and O–H groups in total. The molecule has 2 aromatic rings. The van der Waals surface area contributed by atoms with Gasteiger partial charge in [0, 0.05) is 13.2 Å². The van der Waals surface area contributed by atoms with E-state index in [0.29, 0.717) is 48.6 Å². The van der Waals surface area contributed by atoms with Gasteiger partial charge >= 0.3 is 5.63 Å². The lowest BCUT2D eigenvalue weighted by molar-refractivity contribution is 0.146. The second kappa shape index (κ2) is 11.0. The molecule has 0 amide bonds. The van der Waals surface area contributed by atoms with Crippen LogP contribution >= 0.6 is 0 Å². The summed E-state index contributed by atoms with van der Waals surface area (Å²) in [6.07, 6.45) is 4.33. The van der Waals surface area contributed by atoms with Crippen LogP contribution in [0.5, 0.6) is 23.0 Å². The average molecular weight is 390 g/mol. The van der Waals surface area contributed by atoms with Crippen molar-refractivity contribution in [1.82, 2.24) is 0 Å².